The molecule has 5 rings (SSSR count). The molecular weight excluding hydrogens is 647 g/mol. The zero-order chi connectivity index (χ0) is 36.4. The number of aromatic nitrogens is 3. The highest BCUT2D eigenvalue weighted by atomic mass is 19.1. The zero-order valence-corrected chi connectivity index (χ0v) is 31.4. The van der Waals surface area contributed by atoms with Gasteiger partial charge in [-0.1, -0.05) is 102 Å². The number of aliphatic carboxylic acids is 1. The molecule has 10 heteroatoms. The molecule has 1 saturated heterocycles. The van der Waals surface area contributed by atoms with Gasteiger partial charge in [-0.2, -0.15) is 0 Å². The number of unbranched alkanes of at least 4 members (excludes halogenated alkanes) is 14. The summed E-state index contributed by atoms with van der Waals surface area (Å²) in [7, 11) is 0. The van der Waals surface area contributed by atoms with Crippen LogP contribution in [-0.4, -0.2) is 55.4 Å². The maximum atomic E-state index is 13.4. The van der Waals surface area contributed by atoms with Gasteiger partial charge in [0, 0.05) is 48.1 Å². The summed E-state index contributed by atoms with van der Waals surface area (Å²) >= 11 is 0. The standard InChI is InChI=1S/C23H27FN4O3.C18H36O2/c1-14-17(23(30)28-9-2-3-19(29)22(28)25-14)8-12-27-10-6-15(7-11-27)21-18-5-4-16(24)13-20(18)31-26-21;1-2-3-4-5-6-7-8-9-10-11-12-13-14-15-16-17-18(19)20/h4-5,13,15,19,29H,2-3,6-12H2,1H3;2-17H2,1H3,(H,19,20)/t19-;/m1./s1. The van der Waals surface area contributed by atoms with Crippen LogP contribution in [0.1, 0.15) is 170 Å². The van der Waals surface area contributed by atoms with Crippen LogP contribution in [-0.2, 0) is 17.8 Å². The predicted molar refractivity (Wildman–Crippen MR) is 201 cm³/mol. The number of rotatable bonds is 20. The first kappa shape index (κ1) is 40.7. The number of aliphatic hydroxyl groups is 1. The molecule has 1 atom stereocenters. The highest BCUT2D eigenvalue weighted by Gasteiger charge is 2.27. The quantitative estimate of drug-likeness (QED) is 0.111. The highest BCUT2D eigenvalue weighted by Crippen LogP contribution is 2.33. The lowest BCUT2D eigenvalue weighted by atomic mass is 9.91. The fourth-order valence-corrected chi connectivity index (χ4v) is 7.62. The van der Waals surface area contributed by atoms with Crippen molar-refractivity contribution in [3.05, 3.63) is 57.1 Å². The van der Waals surface area contributed by atoms with Crippen molar-refractivity contribution in [2.24, 2.45) is 0 Å². The van der Waals surface area contributed by atoms with Crippen molar-refractivity contribution in [3.63, 3.8) is 0 Å². The summed E-state index contributed by atoms with van der Waals surface area (Å²) in [5.74, 6) is -0.164. The van der Waals surface area contributed by atoms with Crippen molar-refractivity contribution in [1.29, 1.82) is 0 Å². The first-order valence-corrected chi connectivity index (χ1v) is 20.1. The molecule has 9 nitrogen and oxygen atoms in total. The lowest BCUT2D eigenvalue weighted by molar-refractivity contribution is -0.137. The summed E-state index contributed by atoms with van der Waals surface area (Å²) in [5.41, 5.74) is 2.90. The summed E-state index contributed by atoms with van der Waals surface area (Å²) in [6, 6.07) is 4.58. The van der Waals surface area contributed by atoms with Gasteiger partial charge in [0.2, 0.25) is 0 Å². The molecule has 0 bridgehead atoms. The Morgan fingerprint density at radius 2 is 1.51 bits per heavy atom. The average Bonchev–Trinajstić information content (AvgIpc) is 3.54. The van der Waals surface area contributed by atoms with Crippen LogP contribution >= 0.6 is 0 Å². The van der Waals surface area contributed by atoms with Gasteiger partial charge in [-0.25, -0.2) is 9.37 Å². The normalized spacial score (nSPS) is 16.6. The smallest absolute Gasteiger partial charge is 0.303 e. The van der Waals surface area contributed by atoms with Gasteiger partial charge < -0.3 is 19.6 Å². The van der Waals surface area contributed by atoms with E-state index >= 15 is 0 Å². The lowest BCUT2D eigenvalue weighted by Crippen LogP contribution is -2.37. The Bertz CT molecular complexity index is 1530. The molecule has 4 heterocycles. The highest BCUT2D eigenvalue weighted by molar-refractivity contribution is 5.79. The van der Waals surface area contributed by atoms with Gasteiger partial charge in [-0.05, 0) is 70.7 Å². The number of fused-ring (bicyclic) bond motifs is 2. The summed E-state index contributed by atoms with van der Waals surface area (Å²) in [6.07, 6.45) is 23.6. The first-order valence-electron chi connectivity index (χ1n) is 20.1. The minimum Gasteiger partial charge on any atom is -0.481 e. The van der Waals surface area contributed by atoms with Gasteiger partial charge in [0.25, 0.3) is 5.56 Å². The lowest BCUT2D eigenvalue weighted by Gasteiger charge is -2.31. The Labute approximate surface area is 304 Å². The van der Waals surface area contributed by atoms with E-state index in [1.807, 2.05) is 6.92 Å². The van der Waals surface area contributed by atoms with E-state index in [-0.39, 0.29) is 11.4 Å². The fraction of sp³-hybridized carbons (Fsp3) is 0.707. The van der Waals surface area contributed by atoms with Crippen molar-refractivity contribution < 1.29 is 23.9 Å². The number of hydrogen-bond donors (Lipinski definition) is 2. The number of carboxylic acid groups (broad SMARTS) is 1. The van der Waals surface area contributed by atoms with Crippen molar-refractivity contribution >= 4 is 16.9 Å². The van der Waals surface area contributed by atoms with Crippen LogP contribution in [0.2, 0.25) is 0 Å². The van der Waals surface area contributed by atoms with E-state index in [0.29, 0.717) is 43.1 Å². The van der Waals surface area contributed by atoms with Crippen LogP contribution in [0.15, 0.2) is 27.5 Å². The molecule has 51 heavy (non-hydrogen) atoms. The third-order valence-electron chi connectivity index (χ3n) is 10.8. The number of hydrogen-bond acceptors (Lipinski definition) is 7. The summed E-state index contributed by atoms with van der Waals surface area (Å²) in [6.45, 7) is 7.40. The molecule has 1 fully saturated rings. The second-order valence-corrected chi connectivity index (χ2v) is 14.8. The molecule has 0 spiro atoms. The molecule has 0 unspecified atom stereocenters. The van der Waals surface area contributed by atoms with E-state index in [9.17, 15) is 19.1 Å². The zero-order valence-electron chi connectivity index (χ0n) is 31.4. The number of halogens is 1. The number of aryl methyl sites for hydroxylation is 1. The number of nitrogens with zero attached hydrogens (tertiary/aromatic N) is 4. The van der Waals surface area contributed by atoms with Crippen molar-refractivity contribution in [3.8, 4) is 0 Å². The summed E-state index contributed by atoms with van der Waals surface area (Å²) < 4.78 is 20.4. The number of aliphatic hydroxyl groups excluding tert-OH is 1. The maximum Gasteiger partial charge on any atom is 0.303 e. The Kier molecular flexibility index (Phi) is 17.6. The number of likely N-dealkylation sites (tertiary alicyclic amines) is 1. The third-order valence-corrected chi connectivity index (χ3v) is 10.8. The number of carbonyl (C=O) groups is 1. The SMILES string of the molecule is CCCCCCCCCCCCCCCCCC(=O)O.Cc1nc2n(c(=O)c1CCN1CCC(c3noc4cc(F)ccc34)CC1)CCC[C@H]2O. The van der Waals surface area contributed by atoms with E-state index in [0.717, 1.165) is 74.1 Å². The third kappa shape index (κ3) is 13.1. The van der Waals surface area contributed by atoms with Crippen LogP contribution in [0, 0.1) is 12.7 Å². The molecule has 1 aromatic carbocycles. The first-order chi connectivity index (χ1) is 24.8. The van der Waals surface area contributed by atoms with Crippen LogP contribution in [0.5, 0.6) is 0 Å². The fourth-order valence-electron chi connectivity index (χ4n) is 7.62. The van der Waals surface area contributed by atoms with E-state index in [4.69, 9.17) is 9.63 Å². The molecule has 2 aromatic heterocycles. The number of carboxylic acids is 1. The van der Waals surface area contributed by atoms with E-state index < -0.39 is 12.1 Å². The Hall–Kier alpha value is -3.11. The second-order valence-electron chi connectivity index (χ2n) is 14.8. The van der Waals surface area contributed by atoms with E-state index in [1.165, 1.54) is 95.6 Å². The number of benzene rings is 1. The summed E-state index contributed by atoms with van der Waals surface area (Å²) in [5, 5.41) is 23.8. The van der Waals surface area contributed by atoms with Crippen LogP contribution in [0.3, 0.4) is 0 Å². The maximum absolute atomic E-state index is 13.4. The minimum atomic E-state index is -0.653. The minimum absolute atomic E-state index is 0.00237. The van der Waals surface area contributed by atoms with Gasteiger partial charge in [-0.15, -0.1) is 0 Å². The molecule has 2 aliphatic heterocycles. The molecule has 0 amide bonds. The monoisotopic (exact) mass is 710 g/mol. The van der Waals surface area contributed by atoms with Gasteiger partial charge in [-0.3, -0.25) is 14.2 Å². The Balaban J connectivity index is 0.000000255. The van der Waals surface area contributed by atoms with Gasteiger partial charge >= 0.3 is 5.97 Å². The van der Waals surface area contributed by atoms with E-state index in [1.54, 1.807) is 10.6 Å². The largest absolute Gasteiger partial charge is 0.481 e. The average molecular weight is 711 g/mol. The van der Waals surface area contributed by atoms with Crippen LogP contribution in [0.25, 0.3) is 11.0 Å². The van der Waals surface area contributed by atoms with Crippen molar-refractivity contribution in [2.75, 3.05) is 19.6 Å². The number of piperidine rings is 1. The topological polar surface area (TPSA) is 122 Å². The van der Waals surface area contributed by atoms with E-state index in [2.05, 4.69) is 22.0 Å². The molecule has 0 radical (unpaired) electrons. The molecule has 0 saturated carbocycles. The van der Waals surface area contributed by atoms with Crippen LogP contribution in [0.4, 0.5) is 4.39 Å². The molecule has 2 aliphatic rings. The van der Waals surface area contributed by atoms with Gasteiger partial charge in [0.1, 0.15) is 17.7 Å². The van der Waals surface area contributed by atoms with Crippen molar-refractivity contribution in [1.82, 2.24) is 19.6 Å². The molecular formula is C41H63FN4O5. The van der Waals surface area contributed by atoms with Gasteiger partial charge in [0.15, 0.2) is 5.58 Å². The molecule has 3 aromatic rings. The molecule has 284 valence electrons. The van der Waals surface area contributed by atoms with Gasteiger partial charge in [0.05, 0.1) is 5.69 Å². The Morgan fingerprint density at radius 3 is 2.12 bits per heavy atom. The second kappa shape index (κ2) is 22.1. The molecule has 2 N–H and O–H groups in total. The Morgan fingerprint density at radius 1 is 0.902 bits per heavy atom. The van der Waals surface area contributed by atoms with Crippen molar-refractivity contribution in [2.45, 2.75) is 167 Å². The van der Waals surface area contributed by atoms with Crippen LogP contribution < -0.4 is 5.56 Å². The predicted octanol–water partition coefficient (Wildman–Crippen LogP) is 9.41. The molecule has 0 aliphatic carbocycles. The summed E-state index contributed by atoms with van der Waals surface area (Å²) in [4.78, 5) is 30.2.